The summed E-state index contributed by atoms with van der Waals surface area (Å²) in [6.07, 6.45) is 2.90. The van der Waals surface area contributed by atoms with Crippen LogP contribution in [-0.2, 0) is 0 Å². The van der Waals surface area contributed by atoms with Crippen molar-refractivity contribution in [2.45, 2.75) is 18.2 Å². The Morgan fingerprint density at radius 3 is 2.48 bits per heavy atom. The van der Waals surface area contributed by atoms with E-state index in [9.17, 15) is 0 Å². The van der Waals surface area contributed by atoms with Gasteiger partial charge < -0.3 is 10.1 Å². The van der Waals surface area contributed by atoms with Crippen LogP contribution in [0.2, 0.25) is 0 Å². The monoisotopic (exact) mass is 306 g/mol. The first-order chi connectivity index (χ1) is 10.2. The summed E-state index contributed by atoms with van der Waals surface area (Å²) >= 11 is 1.69. The van der Waals surface area contributed by atoms with Crippen LogP contribution >= 0.6 is 11.8 Å². The molecule has 0 atom stereocenters. The number of ether oxygens (including phenoxy) is 1. The predicted molar refractivity (Wildman–Crippen MR) is 84.9 cm³/mol. The fraction of sp³-hybridized carbons (Fsp3) is 0.308. The number of thioether (sulfide) groups is 1. The average Bonchev–Trinajstić information content (AvgIpc) is 2.53. The van der Waals surface area contributed by atoms with E-state index in [1.807, 2.05) is 37.4 Å². The molecule has 0 unspecified atom stereocenters. The molecule has 0 spiro atoms. The van der Waals surface area contributed by atoms with Crippen molar-refractivity contribution in [3.63, 3.8) is 0 Å². The molecule has 4 N–H and O–H groups in total. The molecule has 0 amide bonds. The number of nitrogen functional groups attached to an aromatic ring is 1. The van der Waals surface area contributed by atoms with Gasteiger partial charge in [-0.1, -0.05) is 6.92 Å². The molecule has 0 aliphatic rings. The first kappa shape index (κ1) is 15.3. The molecule has 8 heteroatoms. The molecule has 1 aromatic heterocycles. The van der Waals surface area contributed by atoms with E-state index in [-0.39, 0.29) is 12.0 Å². The molecule has 112 valence electrons. The Balaban J connectivity index is 2.16. The van der Waals surface area contributed by atoms with Gasteiger partial charge in [0.25, 0.3) is 0 Å². The molecule has 0 bridgehead atoms. The Hall–Kier alpha value is -2.06. The summed E-state index contributed by atoms with van der Waals surface area (Å²) in [6.45, 7) is 2.55. The summed E-state index contributed by atoms with van der Waals surface area (Å²) in [7, 11) is 0. The van der Waals surface area contributed by atoms with Crippen molar-refractivity contribution in [3.05, 3.63) is 24.3 Å². The van der Waals surface area contributed by atoms with Crippen LogP contribution in [0.15, 0.2) is 29.2 Å². The fourth-order valence-electron chi connectivity index (χ4n) is 1.54. The first-order valence-electron chi connectivity index (χ1n) is 6.51. The Morgan fingerprint density at radius 1 is 1.14 bits per heavy atom. The van der Waals surface area contributed by atoms with Crippen molar-refractivity contribution >= 4 is 29.3 Å². The molecule has 0 aliphatic heterocycles. The molecular formula is C13H18N6OS. The minimum absolute atomic E-state index is 0.239. The Bertz CT molecular complexity index is 577. The maximum atomic E-state index is 5.41. The standard InChI is InChI=1S/C13H18N6OS/c1-3-8-20-13-17-11(16-12(18-13)19-14)15-9-4-6-10(21-2)7-5-9/h4-7H,3,8,14H2,1-2H3,(H2,15,16,17,18,19). The van der Waals surface area contributed by atoms with E-state index in [2.05, 4.69) is 25.7 Å². The molecule has 7 nitrogen and oxygen atoms in total. The van der Waals surface area contributed by atoms with Gasteiger partial charge in [0.1, 0.15) is 0 Å². The minimum Gasteiger partial charge on any atom is -0.463 e. The van der Waals surface area contributed by atoms with Crippen LogP contribution in [0.5, 0.6) is 6.01 Å². The zero-order valence-electron chi connectivity index (χ0n) is 12.0. The van der Waals surface area contributed by atoms with Gasteiger partial charge in [-0.3, -0.25) is 5.43 Å². The van der Waals surface area contributed by atoms with E-state index >= 15 is 0 Å². The highest BCUT2D eigenvalue weighted by Crippen LogP contribution is 2.20. The molecule has 1 heterocycles. The third-order valence-corrected chi connectivity index (χ3v) is 3.27. The van der Waals surface area contributed by atoms with Crippen LogP contribution in [0.3, 0.4) is 0 Å². The molecule has 1 aromatic carbocycles. The second-order valence-electron chi connectivity index (χ2n) is 4.11. The van der Waals surface area contributed by atoms with Crippen molar-refractivity contribution in [2.24, 2.45) is 5.84 Å². The van der Waals surface area contributed by atoms with E-state index in [0.717, 1.165) is 12.1 Å². The molecule has 0 fully saturated rings. The Kier molecular flexibility index (Phi) is 5.59. The van der Waals surface area contributed by atoms with Gasteiger partial charge in [-0.2, -0.15) is 15.0 Å². The van der Waals surface area contributed by atoms with Gasteiger partial charge in [-0.05, 0) is 36.9 Å². The number of nitrogens with one attached hydrogen (secondary N) is 2. The lowest BCUT2D eigenvalue weighted by molar-refractivity contribution is 0.292. The van der Waals surface area contributed by atoms with E-state index in [0.29, 0.717) is 12.6 Å². The average molecular weight is 306 g/mol. The van der Waals surface area contributed by atoms with Crippen LogP contribution < -0.4 is 21.3 Å². The molecule has 2 rings (SSSR count). The highest BCUT2D eigenvalue weighted by Gasteiger charge is 2.07. The highest BCUT2D eigenvalue weighted by atomic mass is 32.2. The number of nitrogens with zero attached hydrogens (tertiary/aromatic N) is 3. The topological polar surface area (TPSA) is 98.0 Å². The Morgan fingerprint density at radius 2 is 1.86 bits per heavy atom. The summed E-state index contributed by atoms with van der Waals surface area (Å²) in [6, 6.07) is 8.19. The molecule has 0 saturated heterocycles. The Labute approximate surface area is 127 Å². The summed E-state index contributed by atoms with van der Waals surface area (Å²) in [5, 5.41) is 3.10. The summed E-state index contributed by atoms with van der Waals surface area (Å²) in [5.41, 5.74) is 3.28. The number of hydrogen-bond donors (Lipinski definition) is 3. The highest BCUT2D eigenvalue weighted by molar-refractivity contribution is 7.98. The van der Waals surface area contributed by atoms with Crippen molar-refractivity contribution < 1.29 is 4.74 Å². The number of hydrazine groups is 1. The second-order valence-corrected chi connectivity index (χ2v) is 4.99. The fourth-order valence-corrected chi connectivity index (χ4v) is 1.95. The third-order valence-electron chi connectivity index (χ3n) is 2.53. The lowest BCUT2D eigenvalue weighted by Gasteiger charge is -2.09. The van der Waals surface area contributed by atoms with Crippen LogP contribution in [0, 0.1) is 0 Å². The van der Waals surface area contributed by atoms with Gasteiger partial charge in [-0.15, -0.1) is 11.8 Å². The maximum absolute atomic E-state index is 5.41. The smallest absolute Gasteiger partial charge is 0.323 e. The van der Waals surface area contributed by atoms with E-state index < -0.39 is 0 Å². The van der Waals surface area contributed by atoms with E-state index in [1.54, 1.807) is 11.8 Å². The molecule has 21 heavy (non-hydrogen) atoms. The van der Waals surface area contributed by atoms with Gasteiger partial charge >= 0.3 is 6.01 Å². The van der Waals surface area contributed by atoms with Gasteiger partial charge in [0.2, 0.25) is 11.9 Å². The third kappa shape index (κ3) is 4.47. The lowest BCUT2D eigenvalue weighted by atomic mass is 10.3. The predicted octanol–water partition coefficient (Wildman–Crippen LogP) is 2.41. The van der Waals surface area contributed by atoms with Crippen LogP contribution in [0.4, 0.5) is 17.6 Å². The molecule has 0 radical (unpaired) electrons. The lowest BCUT2D eigenvalue weighted by Crippen LogP contribution is -2.13. The number of nitrogens with two attached hydrogens (primary N) is 1. The molecule has 2 aromatic rings. The molecular weight excluding hydrogens is 288 g/mol. The zero-order valence-corrected chi connectivity index (χ0v) is 12.8. The number of hydrogen-bond acceptors (Lipinski definition) is 8. The minimum atomic E-state index is 0.239. The van der Waals surface area contributed by atoms with E-state index in [1.165, 1.54) is 4.90 Å². The molecule has 0 aliphatic carbocycles. The quantitative estimate of drug-likeness (QED) is 0.407. The number of anilines is 3. The van der Waals surface area contributed by atoms with Crippen molar-refractivity contribution in [3.8, 4) is 6.01 Å². The van der Waals surface area contributed by atoms with Crippen LogP contribution in [-0.4, -0.2) is 27.8 Å². The maximum Gasteiger partial charge on any atom is 0.323 e. The van der Waals surface area contributed by atoms with Crippen molar-refractivity contribution in [1.82, 2.24) is 15.0 Å². The largest absolute Gasteiger partial charge is 0.463 e. The van der Waals surface area contributed by atoms with Crippen LogP contribution in [0.25, 0.3) is 0 Å². The molecule has 0 saturated carbocycles. The first-order valence-corrected chi connectivity index (χ1v) is 7.74. The van der Waals surface area contributed by atoms with Gasteiger partial charge in [0, 0.05) is 10.6 Å². The zero-order chi connectivity index (χ0) is 15.1. The van der Waals surface area contributed by atoms with E-state index in [4.69, 9.17) is 10.6 Å². The summed E-state index contributed by atoms with van der Waals surface area (Å²) < 4.78 is 5.41. The normalized spacial score (nSPS) is 10.2. The second kappa shape index (κ2) is 7.65. The van der Waals surface area contributed by atoms with Crippen molar-refractivity contribution in [1.29, 1.82) is 0 Å². The summed E-state index contributed by atoms with van der Waals surface area (Å²) in [4.78, 5) is 13.6. The number of benzene rings is 1. The van der Waals surface area contributed by atoms with Gasteiger partial charge in [0.15, 0.2) is 0 Å². The SMILES string of the molecule is CCCOc1nc(NN)nc(Nc2ccc(SC)cc2)n1. The van der Waals surface area contributed by atoms with Crippen LogP contribution in [0.1, 0.15) is 13.3 Å². The number of aromatic nitrogens is 3. The van der Waals surface area contributed by atoms with Crippen molar-refractivity contribution in [2.75, 3.05) is 23.6 Å². The number of rotatable bonds is 7. The van der Waals surface area contributed by atoms with Gasteiger partial charge in [-0.25, -0.2) is 5.84 Å². The summed E-state index contributed by atoms with van der Waals surface area (Å²) in [5.74, 6) is 5.98. The van der Waals surface area contributed by atoms with Gasteiger partial charge in [0.05, 0.1) is 6.61 Å².